The van der Waals surface area contributed by atoms with Crippen LogP contribution < -0.4 is 5.73 Å². The van der Waals surface area contributed by atoms with E-state index in [-0.39, 0.29) is 24.9 Å². The third-order valence-corrected chi connectivity index (χ3v) is 4.27. The minimum atomic E-state index is -0.531. The van der Waals surface area contributed by atoms with Gasteiger partial charge in [0.05, 0.1) is 19.0 Å². The normalized spacial score (nSPS) is 12.0. The SMILES string of the molecule is C[C@H](c1ccccc1)N(CC(N)=O)C(=O)Cc1c[nH]c2ncccc12. The lowest BCUT2D eigenvalue weighted by Gasteiger charge is -2.28. The molecule has 0 fully saturated rings. The molecule has 1 aromatic carbocycles. The number of amides is 2. The first-order chi connectivity index (χ1) is 12.1. The fourth-order valence-electron chi connectivity index (χ4n) is 2.94. The molecule has 6 heteroatoms. The molecule has 0 saturated carbocycles. The Morgan fingerprint density at radius 1 is 1.20 bits per heavy atom. The van der Waals surface area contributed by atoms with Crippen molar-refractivity contribution in [2.24, 2.45) is 5.73 Å². The predicted octanol–water partition coefficient (Wildman–Crippen LogP) is 2.18. The molecule has 25 heavy (non-hydrogen) atoms. The average Bonchev–Trinajstić information content (AvgIpc) is 3.03. The molecular formula is C19H20N4O2. The van der Waals surface area contributed by atoms with Crippen LogP contribution in [0.2, 0.25) is 0 Å². The Morgan fingerprint density at radius 2 is 1.96 bits per heavy atom. The van der Waals surface area contributed by atoms with E-state index in [1.165, 1.54) is 4.90 Å². The molecule has 0 saturated heterocycles. The molecule has 2 heterocycles. The summed E-state index contributed by atoms with van der Waals surface area (Å²) < 4.78 is 0. The third kappa shape index (κ3) is 3.68. The summed E-state index contributed by atoms with van der Waals surface area (Å²) in [7, 11) is 0. The van der Waals surface area contributed by atoms with Crippen LogP contribution >= 0.6 is 0 Å². The molecule has 3 N–H and O–H groups in total. The molecule has 0 aliphatic rings. The molecule has 3 aromatic rings. The zero-order valence-electron chi connectivity index (χ0n) is 14.0. The van der Waals surface area contributed by atoms with Crippen LogP contribution in [0.15, 0.2) is 54.9 Å². The number of hydrogen-bond acceptors (Lipinski definition) is 3. The molecule has 0 radical (unpaired) electrons. The Bertz CT molecular complexity index is 889. The number of carbonyl (C=O) groups excluding carboxylic acids is 2. The Kier molecular flexibility index (Phi) is 4.79. The van der Waals surface area contributed by atoms with Crippen molar-refractivity contribution in [1.82, 2.24) is 14.9 Å². The lowest BCUT2D eigenvalue weighted by atomic mass is 10.1. The summed E-state index contributed by atoms with van der Waals surface area (Å²) >= 11 is 0. The highest BCUT2D eigenvalue weighted by molar-refractivity contribution is 5.89. The molecule has 1 atom stereocenters. The van der Waals surface area contributed by atoms with Gasteiger partial charge in [0.15, 0.2) is 0 Å². The molecule has 0 aliphatic heterocycles. The fraction of sp³-hybridized carbons (Fsp3) is 0.211. The van der Waals surface area contributed by atoms with Crippen LogP contribution in [0.5, 0.6) is 0 Å². The van der Waals surface area contributed by atoms with Gasteiger partial charge in [0.25, 0.3) is 0 Å². The number of H-pyrrole nitrogens is 1. The van der Waals surface area contributed by atoms with Crippen LogP contribution in [0.25, 0.3) is 11.0 Å². The Labute approximate surface area is 145 Å². The summed E-state index contributed by atoms with van der Waals surface area (Å²) in [6.07, 6.45) is 3.66. The number of carbonyl (C=O) groups is 2. The number of aromatic nitrogens is 2. The maximum absolute atomic E-state index is 12.9. The molecule has 0 aliphatic carbocycles. The maximum atomic E-state index is 12.9. The Balaban J connectivity index is 1.85. The van der Waals surface area contributed by atoms with Crippen LogP contribution in [0, 0.1) is 0 Å². The van der Waals surface area contributed by atoms with E-state index in [0.29, 0.717) is 0 Å². The Morgan fingerprint density at radius 3 is 2.68 bits per heavy atom. The summed E-state index contributed by atoms with van der Waals surface area (Å²) in [6, 6.07) is 13.1. The quantitative estimate of drug-likeness (QED) is 0.722. The lowest BCUT2D eigenvalue weighted by Crippen LogP contribution is -2.40. The van der Waals surface area contributed by atoms with E-state index >= 15 is 0 Å². The number of pyridine rings is 1. The van der Waals surface area contributed by atoms with Gasteiger partial charge >= 0.3 is 0 Å². The topological polar surface area (TPSA) is 92.1 Å². The minimum absolute atomic E-state index is 0.116. The fourth-order valence-corrected chi connectivity index (χ4v) is 2.94. The van der Waals surface area contributed by atoms with Gasteiger partial charge in [0, 0.05) is 17.8 Å². The van der Waals surface area contributed by atoms with Gasteiger partial charge in [-0.1, -0.05) is 30.3 Å². The molecule has 2 aromatic heterocycles. The largest absolute Gasteiger partial charge is 0.368 e. The van der Waals surface area contributed by atoms with Crippen LogP contribution in [0.1, 0.15) is 24.1 Å². The van der Waals surface area contributed by atoms with E-state index in [2.05, 4.69) is 9.97 Å². The molecular weight excluding hydrogens is 316 g/mol. The summed E-state index contributed by atoms with van der Waals surface area (Å²) in [6.45, 7) is 1.78. The molecule has 2 amide bonds. The van der Waals surface area contributed by atoms with Gasteiger partial charge in [0.1, 0.15) is 5.65 Å². The summed E-state index contributed by atoms with van der Waals surface area (Å²) in [5, 5.41) is 0.905. The second kappa shape index (κ2) is 7.17. The predicted molar refractivity (Wildman–Crippen MR) is 95.6 cm³/mol. The van der Waals surface area contributed by atoms with E-state index in [0.717, 1.165) is 22.2 Å². The second-order valence-corrected chi connectivity index (χ2v) is 5.96. The van der Waals surface area contributed by atoms with Gasteiger partial charge in [-0.3, -0.25) is 9.59 Å². The Hall–Kier alpha value is -3.15. The molecule has 3 rings (SSSR count). The highest BCUT2D eigenvalue weighted by atomic mass is 16.2. The van der Waals surface area contributed by atoms with Crippen LogP contribution in [-0.4, -0.2) is 33.2 Å². The molecule has 0 unspecified atom stereocenters. The number of benzene rings is 1. The zero-order valence-corrected chi connectivity index (χ0v) is 14.0. The van der Waals surface area contributed by atoms with Gasteiger partial charge in [-0.2, -0.15) is 0 Å². The molecule has 0 bridgehead atoms. The van der Waals surface area contributed by atoms with E-state index < -0.39 is 5.91 Å². The van der Waals surface area contributed by atoms with Crippen LogP contribution in [0.4, 0.5) is 0 Å². The first kappa shape index (κ1) is 16.7. The second-order valence-electron chi connectivity index (χ2n) is 5.96. The molecule has 128 valence electrons. The van der Waals surface area contributed by atoms with Crippen LogP contribution in [-0.2, 0) is 16.0 Å². The summed E-state index contributed by atoms with van der Waals surface area (Å²) in [4.78, 5) is 33.2. The van der Waals surface area contributed by atoms with Crippen molar-refractivity contribution in [2.45, 2.75) is 19.4 Å². The van der Waals surface area contributed by atoms with Crippen molar-refractivity contribution in [1.29, 1.82) is 0 Å². The number of hydrogen-bond donors (Lipinski definition) is 2. The first-order valence-corrected chi connectivity index (χ1v) is 8.10. The smallest absolute Gasteiger partial charge is 0.237 e. The number of nitrogens with one attached hydrogen (secondary N) is 1. The van der Waals surface area contributed by atoms with E-state index in [9.17, 15) is 9.59 Å². The molecule has 0 spiro atoms. The number of aromatic amines is 1. The number of nitrogens with two attached hydrogens (primary N) is 1. The molecule has 6 nitrogen and oxygen atoms in total. The number of fused-ring (bicyclic) bond motifs is 1. The van der Waals surface area contributed by atoms with Gasteiger partial charge < -0.3 is 15.6 Å². The number of primary amides is 1. The summed E-state index contributed by atoms with van der Waals surface area (Å²) in [5.41, 5.74) is 7.91. The van der Waals surface area contributed by atoms with Crippen molar-refractivity contribution < 1.29 is 9.59 Å². The highest BCUT2D eigenvalue weighted by Crippen LogP contribution is 2.22. The number of rotatable bonds is 6. The maximum Gasteiger partial charge on any atom is 0.237 e. The summed E-state index contributed by atoms with van der Waals surface area (Å²) in [5.74, 6) is -0.684. The van der Waals surface area contributed by atoms with Gasteiger partial charge in [-0.25, -0.2) is 4.98 Å². The van der Waals surface area contributed by atoms with Crippen molar-refractivity contribution in [3.63, 3.8) is 0 Å². The van der Waals surface area contributed by atoms with Crippen molar-refractivity contribution in [3.05, 3.63) is 66.0 Å². The monoisotopic (exact) mass is 336 g/mol. The number of nitrogens with zero attached hydrogens (tertiary/aromatic N) is 2. The van der Waals surface area contributed by atoms with E-state index in [1.807, 2.05) is 49.4 Å². The van der Waals surface area contributed by atoms with Gasteiger partial charge in [-0.15, -0.1) is 0 Å². The minimum Gasteiger partial charge on any atom is -0.368 e. The van der Waals surface area contributed by atoms with Gasteiger partial charge in [-0.05, 0) is 30.2 Å². The van der Waals surface area contributed by atoms with Crippen molar-refractivity contribution in [2.75, 3.05) is 6.54 Å². The zero-order chi connectivity index (χ0) is 17.8. The van der Waals surface area contributed by atoms with Gasteiger partial charge in [0.2, 0.25) is 11.8 Å². The van der Waals surface area contributed by atoms with Crippen molar-refractivity contribution in [3.8, 4) is 0 Å². The lowest BCUT2D eigenvalue weighted by molar-refractivity contribution is -0.136. The third-order valence-electron chi connectivity index (χ3n) is 4.27. The van der Waals surface area contributed by atoms with Crippen LogP contribution in [0.3, 0.4) is 0 Å². The van der Waals surface area contributed by atoms with Crippen molar-refractivity contribution >= 4 is 22.8 Å². The standard InChI is InChI=1S/C19H20N4O2/c1-13(14-6-3-2-4-7-14)23(12-17(20)24)18(25)10-15-11-22-19-16(15)8-5-9-21-19/h2-9,11,13H,10,12H2,1H3,(H2,20,24)(H,21,22)/t13-/m1/s1. The first-order valence-electron chi connectivity index (χ1n) is 8.10. The van der Waals surface area contributed by atoms with E-state index in [1.54, 1.807) is 12.4 Å². The average molecular weight is 336 g/mol. The van der Waals surface area contributed by atoms with E-state index in [4.69, 9.17) is 5.73 Å². The highest BCUT2D eigenvalue weighted by Gasteiger charge is 2.24.